The molecule has 0 aromatic carbocycles. The molecule has 3 fully saturated rings. The average molecular weight is 402 g/mol. The molecule has 5 rings (SSSR count). The molecule has 1 saturated heterocycles. The molecule has 0 amide bonds. The van der Waals surface area contributed by atoms with Crippen LogP contribution < -0.4 is 5.73 Å². The van der Waals surface area contributed by atoms with Crippen molar-refractivity contribution in [3.63, 3.8) is 0 Å². The topological polar surface area (TPSA) is 83.8 Å². The maximum atomic E-state index is 12.7. The summed E-state index contributed by atoms with van der Waals surface area (Å²) in [5.74, 6) is 1.60. The first kappa shape index (κ1) is 18.4. The van der Waals surface area contributed by atoms with E-state index in [1.54, 1.807) is 12.3 Å². The Morgan fingerprint density at radius 3 is 2.55 bits per heavy atom. The Morgan fingerprint density at radius 1 is 1.21 bits per heavy atom. The lowest BCUT2D eigenvalue weighted by molar-refractivity contribution is -0.144. The van der Waals surface area contributed by atoms with Crippen molar-refractivity contribution < 1.29 is 13.2 Å². The van der Waals surface area contributed by atoms with Gasteiger partial charge in [0, 0.05) is 43.0 Å². The van der Waals surface area contributed by atoms with Crippen molar-refractivity contribution in [2.24, 2.45) is 17.8 Å². The smallest absolute Gasteiger partial charge is 0.383 e. The van der Waals surface area contributed by atoms with Gasteiger partial charge in [-0.1, -0.05) is 0 Å². The molecule has 0 bridgehead atoms. The van der Waals surface area contributed by atoms with Gasteiger partial charge < -0.3 is 5.73 Å². The second-order valence-electron chi connectivity index (χ2n) is 8.51. The van der Waals surface area contributed by atoms with Gasteiger partial charge in [0.05, 0.1) is 17.8 Å². The normalized spacial score (nSPS) is 26.3. The Kier molecular flexibility index (Phi) is 4.10. The molecule has 3 aliphatic rings. The van der Waals surface area contributed by atoms with E-state index in [1.807, 2.05) is 16.8 Å². The summed E-state index contributed by atoms with van der Waals surface area (Å²) in [7, 11) is 0. The van der Waals surface area contributed by atoms with E-state index in [-0.39, 0.29) is 23.6 Å². The van der Waals surface area contributed by atoms with Gasteiger partial charge in [-0.3, -0.25) is 9.58 Å². The molecule has 6 nitrogen and oxygen atoms in total. The number of pyridine rings is 1. The number of nitrogen functional groups attached to an aromatic ring is 1. The largest absolute Gasteiger partial charge is 0.401 e. The second kappa shape index (κ2) is 6.46. The van der Waals surface area contributed by atoms with Crippen LogP contribution in [0.15, 0.2) is 18.3 Å². The van der Waals surface area contributed by atoms with Gasteiger partial charge in [0.1, 0.15) is 11.9 Å². The van der Waals surface area contributed by atoms with Gasteiger partial charge in [0.2, 0.25) is 0 Å². The van der Waals surface area contributed by atoms with Crippen molar-refractivity contribution in [1.82, 2.24) is 19.7 Å². The van der Waals surface area contributed by atoms with E-state index in [9.17, 15) is 18.4 Å². The van der Waals surface area contributed by atoms with Gasteiger partial charge in [-0.2, -0.15) is 23.5 Å². The number of halogens is 3. The zero-order chi connectivity index (χ0) is 20.3. The maximum absolute atomic E-state index is 12.7. The summed E-state index contributed by atoms with van der Waals surface area (Å²) in [5, 5.41) is 14.0. The van der Waals surface area contributed by atoms with E-state index in [1.165, 1.54) is 17.7 Å². The number of nitrogens with two attached hydrogens (primary N) is 1. The highest BCUT2D eigenvalue weighted by atomic mass is 19.4. The number of hydrogen-bond donors (Lipinski definition) is 1. The quantitative estimate of drug-likeness (QED) is 0.831. The van der Waals surface area contributed by atoms with Gasteiger partial charge in [0.25, 0.3) is 0 Å². The van der Waals surface area contributed by atoms with Gasteiger partial charge in [-0.15, -0.1) is 0 Å². The lowest BCUT2D eigenvalue weighted by Crippen LogP contribution is -2.34. The Bertz CT molecular complexity index is 975. The Hall–Kier alpha value is -2.60. The monoisotopic (exact) mass is 402 g/mol. The highest BCUT2D eigenvalue weighted by Gasteiger charge is 2.58. The van der Waals surface area contributed by atoms with Crippen LogP contribution in [0.4, 0.5) is 19.0 Å². The predicted octanol–water partition coefficient (Wildman–Crippen LogP) is 3.02. The van der Waals surface area contributed by atoms with E-state index < -0.39 is 12.7 Å². The zero-order valence-electron chi connectivity index (χ0n) is 15.7. The van der Waals surface area contributed by atoms with E-state index in [2.05, 4.69) is 4.98 Å². The van der Waals surface area contributed by atoms with Crippen molar-refractivity contribution in [1.29, 1.82) is 5.26 Å². The molecule has 29 heavy (non-hydrogen) atoms. The van der Waals surface area contributed by atoms with E-state index in [4.69, 9.17) is 10.8 Å². The number of likely N-dealkylation sites (tertiary alicyclic amines) is 1. The van der Waals surface area contributed by atoms with Crippen LogP contribution in [-0.2, 0) is 6.54 Å². The van der Waals surface area contributed by atoms with E-state index in [0.29, 0.717) is 24.6 Å². The first-order valence-corrected chi connectivity index (χ1v) is 9.85. The number of nitrogens with zero attached hydrogens (tertiary/aromatic N) is 5. The second-order valence-corrected chi connectivity index (χ2v) is 8.51. The van der Waals surface area contributed by atoms with Crippen molar-refractivity contribution >= 4 is 5.82 Å². The number of piperidine rings is 1. The Labute approximate surface area is 166 Å². The zero-order valence-corrected chi connectivity index (χ0v) is 15.7. The molecule has 0 radical (unpaired) electrons. The molecule has 2 saturated carbocycles. The number of anilines is 1. The standard InChI is InChI=1S/C20H21F3N6/c21-20(22,23)10-28-8-14-15(9-28)18(14)17-4-16(27-29(17)7-11-1-2-11)13-3-12(5-24)19(25)26-6-13/h3-4,6,11,14-15,18H,1-2,7-10H2,(H2,25,26). The molecule has 2 aromatic heterocycles. The molecule has 2 aliphatic carbocycles. The Balaban J connectivity index is 1.39. The van der Waals surface area contributed by atoms with Crippen LogP contribution in [0.5, 0.6) is 0 Å². The lowest BCUT2D eigenvalue weighted by Gasteiger charge is -2.21. The van der Waals surface area contributed by atoms with E-state index in [0.717, 1.165) is 23.5 Å². The van der Waals surface area contributed by atoms with Crippen LogP contribution in [0.2, 0.25) is 0 Å². The fourth-order valence-corrected chi connectivity index (χ4v) is 4.67. The van der Waals surface area contributed by atoms with Crippen molar-refractivity contribution in [2.75, 3.05) is 25.4 Å². The summed E-state index contributed by atoms with van der Waals surface area (Å²) in [6, 6.07) is 5.75. The predicted molar refractivity (Wildman–Crippen MR) is 99.5 cm³/mol. The summed E-state index contributed by atoms with van der Waals surface area (Å²) in [5.41, 5.74) is 8.60. The SMILES string of the molecule is N#Cc1cc(-c2cc(C3C4CN(CC(F)(F)F)CC43)n(CC3CC3)n2)cnc1N. The molecule has 0 spiro atoms. The number of hydrogen-bond acceptors (Lipinski definition) is 5. The van der Waals surface area contributed by atoms with Crippen LogP contribution in [0, 0.1) is 29.1 Å². The van der Waals surface area contributed by atoms with Crippen LogP contribution in [-0.4, -0.2) is 45.5 Å². The number of aromatic nitrogens is 3. The van der Waals surface area contributed by atoms with Gasteiger partial charge in [-0.25, -0.2) is 4.98 Å². The number of nitriles is 1. The van der Waals surface area contributed by atoms with Gasteiger partial charge in [-0.05, 0) is 42.7 Å². The summed E-state index contributed by atoms with van der Waals surface area (Å²) < 4.78 is 40.0. The van der Waals surface area contributed by atoms with Crippen molar-refractivity contribution in [3.8, 4) is 17.3 Å². The lowest BCUT2D eigenvalue weighted by atomic mass is 10.1. The van der Waals surface area contributed by atoms with E-state index >= 15 is 0 Å². The Morgan fingerprint density at radius 2 is 1.93 bits per heavy atom. The molecule has 2 atom stereocenters. The summed E-state index contributed by atoms with van der Waals surface area (Å²) in [6.07, 6.45) is -0.155. The minimum atomic E-state index is -4.15. The average Bonchev–Trinajstić information content (AvgIpc) is 3.50. The minimum absolute atomic E-state index is 0.190. The van der Waals surface area contributed by atoms with Gasteiger partial charge in [0.15, 0.2) is 0 Å². The molecular weight excluding hydrogens is 381 g/mol. The highest BCUT2D eigenvalue weighted by molar-refractivity contribution is 5.64. The number of alkyl halides is 3. The van der Waals surface area contributed by atoms with Gasteiger partial charge >= 0.3 is 6.18 Å². The molecule has 152 valence electrons. The maximum Gasteiger partial charge on any atom is 0.401 e. The van der Waals surface area contributed by atoms with Crippen LogP contribution in [0.1, 0.15) is 30.0 Å². The fraction of sp³-hybridized carbons (Fsp3) is 0.550. The van der Waals surface area contributed by atoms with Crippen LogP contribution >= 0.6 is 0 Å². The first-order valence-electron chi connectivity index (χ1n) is 9.85. The fourth-order valence-electron chi connectivity index (χ4n) is 4.67. The highest BCUT2D eigenvalue weighted by Crippen LogP contribution is 2.58. The first-order chi connectivity index (χ1) is 13.8. The molecular formula is C20H21F3N6. The third kappa shape index (κ3) is 3.57. The summed E-state index contributed by atoms with van der Waals surface area (Å²) in [6.45, 7) is 0.986. The van der Waals surface area contributed by atoms with Crippen LogP contribution in [0.25, 0.3) is 11.3 Å². The number of fused-ring (bicyclic) bond motifs is 1. The summed E-state index contributed by atoms with van der Waals surface area (Å²) >= 11 is 0. The molecule has 9 heteroatoms. The van der Waals surface area contributed by atoms with Crippen molar-refractivity contribution in [2.45, 2.75) is 31.5 Å². The van der Waals surface area contributed by atoms with Crippen LogP contribution in [0.3, 0.4) is 0 Å². The summed E-state index contributed by atoms with van der Waals surface area (Å²) in [4.78, 5) is 5.60. The number of rotatable bonds is 5. The van der Waals surface area contributed by atoms with Crippen molar-refractivity contribution in [3.05, 3.63) is 29.6 Å². The molecule has 2 unspecified atom stereocenters. The third-order valence-corrected chi connectivity index (χ3v) is 6.29. The molecule has 3 heterocycles. The molecule has 1 aliphatic heterocycles. The molecule has 2 aromatic rings. The third-order valence-electron chi connectivity index (χ3n) is 6.29. The minimum Gasteiger partial charge on any atom is -0.383 e. The molecule has 2 N–H and O–H groups in total.